The number of rotatable bonds is 4. The maximum atomic E-state index is 5.92. The number of anilines is 2. The topological polar surface area (TPSA) is 29.9 Å². The predicted octanol–water partition coefficient (Wildman–Crippen LogP) is 3.69. The van der Waals surface area contributed by atoms with E-state index in [2.05, 4.69) is 21.8 Å². The van der Waals surface area contributed by atoms with Crippen LogP contribution in [0.15, 0.2) is 36.7 Å². The summed E-state index contributed by atoms with van der Waals surface area (Å²) in [5, 5.41) is 3.97. The zero-order valence-corrected chi connectivity index (χ0v) is 9.91. The fraction of sp³-hybridized carbons (Fsp3) is 0.250. The van der Waals surface area contributed by atoms with Crippen LogP contribution < -0.4 is 5.32 Å². The van der Waals surface area contributed by atoms with Gasteiger partial charge in [0.1, 0.15) is 0 Å². The standard InChI is InChI=1S/C12H14ClN3/c1-2-7-16-8-6-14-12(16)15-11-5-3-4-10(13)9-11/h3-6,8-9H,2,7H2,1H3,(H,14,15). The van der Waals surface area contributed by atoms with Gasteiger partial charge in [-0.25, -0.2) is 4.98 Å². The monoisotopic (exact) mass is 235 g/mol. The zero-order valence-electron chi connectivity index (χ0n) is 9.15. The van der Waals surface area contributed by atoms with Crippen molar-refractivity contribution in [2.75, 3.05) is 5.32 Å². The highest BCUT2D eigenvalue weighted by Crippen LogP contribution is 2.19. The lowest BCUT2D eigenvalue weighted by Crippen LogP contribution is -2.02. The molecule has 84 valence electrons. The molecule has 1 aromatic carbocycles. The summed E-state index contributed by atoms with van der Waals surface area (Å²) in [7, 11) is 0. The second kappa shape index (κ2) is 5.03. The first-order chi connectivity index (χ1) is 7.79. The summed E-state index contributed by atoms with van der Waals surface area (Å²) in [6.45, 7) is 3.10. The van der Waals surface area contributed by atoms with Gasteiger partial charge in [-0.05, 0) is 24.6 Å². The normalized spacial score (nSPS) is 10.4. The lowest BCUT2D eigenvalue weighted by molar-refractivity contribution is 0.686. The molecule has 16 heavy (non-hydrogen) atoms. The van der Waals surface area contributed by atoms with Gasteiger partial charge in [-0.15, -0.1) is 0 Å². The highest BCUT2D eigenvalue weighted by atomic mass is 35.5. The highest BCUT2D eigenvalue weighted by molar-refractivity contribution is 6.30. The van der Waals surface area contributed by atoms with E-state index in [0.29, 0.717) is 0 Å². The molecular weight excluding hydrogens is 222 g/mol. The van der Waals surface area contributed by atoms with Gasteiger partial charge < -0.3 is 9.88 Å². The lowest BCUT2D eigenvalue weighted by atomic mass is 10.3. The van der Waals surface area contributed by atoms with Crippen LogP contribution in [0, 0.1) is 0 Å². The van der Waals surface area contributed by atoms with Crippen LogP contribution in [0.25, 0.3) is 0 Å². The second-order valence-electron chi connectivity index (χ2n) is 3.58. The number of aromatic nitrogens is 2. The number of halogens is 1. The van der Waals surface area contributed by atoms with Gasteiger partial charge in [-0.3, -0.25) is 0 Å². The lowest BCUT2D eigenvalue weighted by Gasteiger charge is -2.08. The third kappa shape index (κ3) is 2.55. The molecule has 0 saturated heterocycles. The van der Waals surface area contributed by atoms with E-state index in [-0.39, 0.29) is 0 Å². The summed E-state index contributed by atoms with van der Waals surface area (Å²) in [6, 6.07) is 7.62. The van der Waals surface area contributed by atoms with E-state index in [1.165, 1.54) is 0 Å². The Morgan fingerprint density at radius 2 is 2.31 bits per heavy atom. The van der Waals surface area contributed by atoms with Crippen molar-refractivity contribution in [3.05, 3.63) is 41.7 Å². The zero-order chi connectivity index (χ0) is 11.4. The maximum Gasteiger partial charge on any atom is 0.207 e. The summed E-state index contributed by atoms with van der Waals surface area (Å²) in [6.07, 6.45) is 4.85. The molecule has 0 aliphatic heterocycles. The summed E-state index contributed by atoms with van der Waals surface area (Å²) in [5.41, 5.74) is 0.955. The Balaban J connectivity index is 2.17. The van der Waals surface area contributed by atoms with Crippen molar-refractivity contribution >= 4 is 23.2 Å². The van der Waals surface area contributed by atoms with E-state index in [9.17, 15) is 0 Å². The molecule has 0 aliphatic carbocycles. The SMILES string of the molecule is CCCn1ccnc1Nc1cccc(Cl)c1. The van der Waals surface area contributed by atoms with E-state index in [4.69, 9.17) is 11.6 Å². The molecule has 2 rings (SSSR count). The maximum absolute atomic E-state index is 5.92. The smallest absolute Gasteiger partial charge is 0.207 e. The van der Waals surface area contributed by atoms with Crippen LogP contribution in [0.4, 0.5) is 11.6 Å². The van der Waals surface area contributed by atoms with Crippen LogP contribution in [0.3, 0.4) is 0 Å². The van der Waals surface area contributed by atoms with E-state index >= 15 is 0 Å². The number of benzene rings is 1. The molecule has 4 heteroatoms. The first-order valence-corrected chi connectivity index (χ1v) is 5.71. The van der Waals surface area contributed by atoms with Crippen molar-refractivity contribution < 1.29 is 0 Å². The molecule has 0 amide bonds. The van der Waals surface area contributed by atoms with E-state index in [1.807, 2.05) is 30.5 Å². The van der Waals surface area contributed by atoms with Gasteiger partial charge in [0.05, 0.1) is 0 Å². The molecule has 0 spiro atoms. The van der Waals surface area contributed by atoms with Crippen LogP contribution in [-0.4, -0.2) is 9.55 Å². The third-order valence-electron chi connectivity index (χ3n) is 2.26. The molecule has 0 fully saturated rings. The van der Waals surface area contributed by atoms with Gasteiger partial charge in [-0.1, -0.05) is 24.6 Å². The van der Waals surface area contributed by atoms with E-state index in [1.54, 1.807) is 6.20 Å². The Kier molecular flexibility index (Phi) is 3.47. The molecule has 1 N–H and O–H groups in total. The van der Waals surface area contributed by atoms with Crippen LogP contribution in [-0.2, 0) is 6.54 Å². The molecule has 0 unspecified atom stereocenters. The van der Waals surface area contributed by atoms with Crippen molar-refractivity contribution in [2.24, 2.45) is 0 Å². The minimum Gasteiger partial charge on any atom is -0.326 e. The fourth-order valence-corrected chi connectivity index (χ4v) is 1.74. The van der Waals surface area contributed by atoms with Crippen molar-refractivity contribution in [2.45, 2.75) is 19.9 Å². The van der Waals surface area contributed by atoms with E-state index < -0.39 is 0 Å². The first kappa shape index (κ1) is 11.0. The molecular formula is C12H14ClN3. The number of hydrogen-bond acceptors (Lipinski definition) is 2. The number of nitrogens with zero attached hydrogens (tertiary/aromatic N) is 2. The molecule has 1 aromatic heterocycles. The quantitative estimate of drug-likeness (QED) is 0.876. The fourth-order valence-electron chi connectivity index (χ4n) is 1.55. The van der Waals surface area contributed by atoms with Crippen LogP contribution in [0.5, 0.6) is 0 Å². The molecule has 2 aromatic rings. The molecule has 0 bridgehead atoms. The van der Waals surface area contributed by atoms with Gasteiger partial charge in [0, 0.05) is 29.6 Å². The summed E-state index contributed by atoms with van der Waals surface area (Å²) >= 11 is 5.92. The third-order valence-corrected chi connectivity index (χ3v) is 2.50. The predicted molar refractivity (Wildman–Crippen MR) is 67.3 cm³/mol. The van der Waals surface area contributed by atoms with Crippen LogP contribution >= 0.6 is 11.6 Å². The highest BCUT2D eigenvalue weighted by Gasteiger charge is 2.02. The minimum atomic E-state index is 0.721. The summed E-state index contributed by atoms with van der Waals surface area (Å²) < 4.78 is 2.08. The Morgan fingerprint density at radius 3 is 3.06 bits per heavy atom. The van der Waals surface area contributed by atoms with Gasteiger partial charge >= 0.3 is 0 Å². The molecule has 0 saturated carbocycles. The van der Waals surface area contributed by atoms with Crippen LogP contribution in [0.1, 0.15) is 13.3 Å². The number of aryl methyl sites for hydroxylation is 1. The van der Waals surface area contributed by atoms with E-state index in [0.717, 1.165) is 29.6 Å². The largest absolute Gasteiger partial charge is 0.326 e. The van der Waals surface area contributed by atoms with Crippen molar-refractivity contribution in [3.8, 4) is 0 Å². The average Bonchev–Trinajstić information content (AvgIpc) is 2.66. The molecule has 0 atom stereocenters. The van der Waals surface area contributed by atoms with Crippen LogP contribution in [0.2, 0.25) is 5.02 Å². The number of imidazole rings is 1. The summed E-state index contributed by atoms with van der Waals surface area (Å²) in [4.78, 5) is 4.27. The Bertz CT molecular complexity index is 465. The Labute approximate surface area is 100 Å². The summed E-state index contributed by atoms with van der Waals surface area (Å²) in [5.74, 6) is 0.851. The minimum absolute atomic E-state index is 0.721. The van der Waals surface area contributed by atoms with Crippen molar-refractivity contribution in [1.29, 1.82) is 0 Å². The number of hydrogen-bond donors (Lipinski definition) is 1. The van der Waals surface area contributed by atoms with Gasteiger partial charge in [-0.2, -0.15) is 0 Å². The van der Waals surface area contributed by atoms with Gasteiger partial charge in [0.2, 0.25) is 5.95 Å². The molecule has 3 nitrogen and oxygen atoms in total. The van der Waals surface area contributed by atoms with Crippen molar-refractivity contribution in [1.82, 2.24) is 9.55 Å². The molecule has 1 heterocycles. The van der Waals surface area contributed by atoms with Gasteiger partial charge in [0.15, 0.2) is 0 Å². The number of nitrogens with one attached hydrogen (secondary N) is 1. The van der Waals surface area contributed by atoms with Gasteiger partial charge in [0.25, 0.3) is 0 Å². The molecule has 0 radical (unpaired) electrons. The Hall–Kier alpha value is -1.48. The molecule has 0 aliphatic rings. The second-order valence-corrected chi connectivity index (χ2v) is 4.02. The Morgan fingerprint density at radius 1 is 1.44 bits per heavy atom. The first-order valence-electron chi connectivity index (χ1n) is 5.33. The average molecular weight is 236 g/mol. The van der Waals surface area contributed by atoms with Crippen molar-refractivity contribution in [3.63, 3.8) is 0 Å².